The van der Waals surface area contributed by atoms with E-state index in [2.05, 4.69) is 43.0 Å². The quantitative estimate of drug-likeness (QED) is 0.776. The highest BCUT2D eigenvalue weighted by atomic mass is 16.2. The van der Waals surface area contributed by atoms with Gasteiger partial charge < -0.3 is 4.90 Å². The zero-order valence-corrected chi connectivity index (χ0v) is 12.0. The summed E-state index contributed by atoms with van der Waals surface area (Å²) >= 11 is 0. The number of benzene rings is 2. The van der Waals surface area contributed by atoms with Crippen LogP contribution in [-0.2, 0) is 11.3 Å². The van der Waals surface area contributed by atoms with E-state index in [1.807, 2.05) is 29.2 Å². The molecular weight excluding hydrogens is 258 g/mol. The number of carbonyl (C=O) groups excluding carboxylic acids is 1. The minimum Gasteiger partial charge on any atom is -0.338 e. The van der Waals surface area contributed by atoms with Gasteiger partial charge in [0, 0.05) is 25.4 Å². The number of carbonyl (C=O) groups is 1. The minimum absolute atomic E-state index is 0.227. The van der Waals surface area contributed by atoms with E-state index in [1.54, 1.807) is 0 Å². The minimum atomic E-state index is 0.227. The lowest BCUT2D eigenvalue weighted by Gasteiger charge is -2.16. The fourth-order valence-electron chi connectivity index (χ4n) is 2.81. The lowest BCUT2D eigenvalue weighted by atomic mass is 10.0. The van der Waals surface area contributed by atoms with Gasteiger partial charge in [-0.1, -0.05) is 54.6 Å². The Morgan fingerprint density at radius 1 is 1.10 bits per heavy atom. The molecule has 21 heavy (non-hydrogen) atoms. The molecule has 1 unspecified atom stereocenters. The maximum Gasteiger partial charge on any atom is 0.223 e. The molecule has 0 N–H and O–H groups in total. The molecule has 0 saturated carbocycles. The van der Waals surface area contributed by atoms with E-state index in [0.717, 1.165) is 6.54 Å². The van der Waals surface area contributed by atoms with Gasteiger partial charge in [0.15, 0.2) is 0 Å². The van der Waals surface area contributed by atoms with Crippen LogP contribution in [0.4, 0.5) is 0 Å². The summed E-state index contributed by atoms with van der Waals surface area (Å²) in [7, 11) is 0. The van der Waals surface area contributed by atoms with E-state index in [4.69, 9.17) is 0 Å². The number of amides is 1. The molecule has 3 rings (SSSR count). The van der Waals surface area contributed by atoms with Crippen molar-refractivity contribution >= 4 is 5.91 Å². The highest BCUT2D eigenvalue weighted by Gasteiger charge is 2.27. The molecule has 1 amide bonds. The largest absolute Gasteiger partial charge is 0.338 e. The second-order valence-corrected chi connectivity index (χ2v) is 5.54. The van der Waals surface area contributed by atoms with Crippen molar-refractivity contribution in [2.45, 2.75) is 13.0 Å². The smallest absolute Gasteiger partial charge is 0.223 e. The molecule has 2 aromatic rings. The first-order valence-electron chi connectivity index (χ1n) is 7.31. The third-order valence-corrected chi connectivity index (χ3v) is 3.99. The topological polar surface area (TPSA) is 20.3 Å². The summed E-state index contributed by atoms with van der Waals surface area (Å²) in [6.07, 6.45) is 2.49. The van der Waals surface area contributed by atoms with Crippen LogP contribution < -0.4 is 0 Å². The standard InChI is InChI=1S/C19H19NO/c1-2-15-12-19(21)20(13-15)14-16-7-6-10-18(11-16)17-8-4-3-5-9-17/h2-11,15H,1,12-14H2. The van der Waals surface area contributed by atoms with Gasteiger partial charge >= 0.3 is 0 Å². The Kier molecular flexibility index (Phi) is 3.87. The summed E-state index contributed by atoms with van der Waals surface area (Å²) in [5.74, 6) is 0.528. The molecule has 0 radical (unpaired) electrons. The van der Waals surface area contributed by atoms with Gasteiger partial charge in [0.25, 0.3) is 0 Å². The maximum atomic E-state index is 12.0. The Morgan fingerprint density at radius 3 is 2.57 bits per heavy atom. The van der Waals surface area contributed by atoms with Gasteiger partial charge in [-0.05, 0) is 22.8 Å². The van der Waals surface area contributed by atoms with E-state index in [0.29, 0.717) is 18.9 Å². The van der Waals surface area contributed by atoms with Crippen molar-refractivity contribution in [2.75, 3.05) is 6.54 Å². The second-order valence-electron chi connectivity index (χ2n) is 5.54. The summed E-state index contributed by atoms with van der Waals surface area (Å²) < 4.78 is 0. The predicted molar refractivity (Wildman–Crippen MR) is 85.6 cm³/mol. The van der Waals surface area contributed by atoms with E-state index in [9.17, 15) is 4.79 Å². The Balaban J connectivity index is 1.78. The zero-order valence-electron chi connectivity index (χ0n) is 12.0. The molecular formula is C19H19NO. The van der Waals surface area contributed by atoms with Gasteiger partial charge in [0.05, 0.1) is 0 Å². The number of likely N-dealkylation sites (tertiary alicyclic amines) is 1. The van der Waals surface area contributed by atoms with Crippen LogP contribution in [0.1, 0.15) is 12.0 Å². The van der Waals surface area contributed by atoms with Crippen LogP contribution in [0.5, 0.6) is 0 Å². The summed E-state index contributed by atoms with van der Waals surface area (Å²) in [6, 6.07) is 18.7. The predicted octanol–water partition coefficient (Wildman–Crippen LogP) is 3.89. The van der Waals surface area contributed by atoms with Crippen LogP contribution in [0.25, 0.3) is 11.1 Å². The molecule has 1 atom stereocenters. The van der Waals surface area contributed by atoms with E-state index in [-0.39, 0.29) is 5.91 Å². The van der Waals surface area contributed by atoms with Crippen molar-refractivity contribution in [1.82, 2.24) is 4.90 Å². The van der Waals surface area contributed by atoms with E-state index >= 15 is 0 Å². The highest BCUT2D eigenvalue weighted by Crippen LogP contribution is 2.24. The van der Waals surface area contributed by atoms with Crippen LogP contribution in [0.3, 0.4) is 0 Å². The number of nitrogens with zero attached hydrogens (tertiary/aromatic N) is 1. The molecule has 0 bridgehead atoms. The second kappa shape index (κ2) is 5.96. The first-order chi connectivity index (χ1) is 10.3. The lowest BCUT2D eigenvalue weighted by molar-refractivity contribution is -0.128. The summed E-state index contributed by atoms with van der Waals surface area (Å²) in [5, 5.41) is 0. The fraction of sp³-hybridized carbons (Fsp3) is 0.211. The maximum absolute atomic E-state index is 12.0. The molecule has 0 spiro atoms. The molecule has 1 aliphatic rings. The van der Waals surface area contributed by atoms with Crippen LogP contribution in [0.2, 0.25) is 0 Å². The van der Waals surface area contributed by atoms with Crippen molar-refractivity contribution in [3.8, 4) is 11.1 Å². The molecule has 106 valence electrons. The van der Waals surface area contributed by atoms with Crippen molar-refractivity contribution < 1.29 is 4.79 Å². The number of rotatable bonds is 4. The first-order valence-corrected chi connectivity index (χ1v) is 7.31. The number of hydrogen-bond donors (Lipinski definition) is 0. The van der Waals surface area contributed by atoms with Crippen LogP contribution in [0, 0.1) is 5.92 Å². The molecule has 1 fully saturated rings. The van der Waals surface area contributed by atoms with Gasteiger partial charge in [-0.3, -0.25) is 4.79 Å². The van der Waals surface area contributed by atoms with Crippen molar-refractivity contribution in [2.24, 2.45) is 5.92 Å². The Morgan fingerprint density at radius 2 is 1.86 bits per heavy atom. The fourth-order valence-corrected chi connectivity index (χ4v) is 2.81. The average Bonchev–Trinajstić information content (AvgIpc) is 2.89. The van der Waals surface area contributed by atoms with Crippen molar-refractivity contribution in [3.05, 3.63) is 72.8 Å². The van der Waals surface area contributed by atoms with Gasteiger partial charge in [-0.2, -0.15) is 0 Å². The molecule has 0 aromatic heterocycles. The van der Waals surface area contributed by atoms with E-state index in [1.165, 1.54) is 16.7 Å². The highest BCUT2D eigenvalue weighted by molar-refractivity contribution is 5.79. The van der Waals surface area contributed by atoms with E-state index < -0.39 is 0 Å². The Bertz CT molecular complexity index is 648. The summed E-state index contributed by atoms with van der Waals surface area (Å²) in [5.41, 5.74) is 3.57. The van der Waals surface area contributed by atoms with Crippen molar-refractivity contribution in [1.29, 1.82) is 0 Å². The molecule has 1 aliphatic heterocycles. The van der Waals surface area contributed by atoms with Gasteiger partial charge in [0.1, 0.15) is 0 Å². The summed E-state index contributed by atoms with van der Waals surface area (Å²) in [4.78, 5) is 13.9. The van der Waals surface area contributed by atoms with Crippen LogP contribution >= 0.6 is 0 Å². The third-order valence-electron chi connectivity index (χ3n) is 3.99. The van der Waals surface area contributed by atoms with Gasteiger partial charge in [-0.25, -0.2) is 0 Å². The number of hydrogen-bond acceptors (Lipinski definition) is 1. The van der Waals surface area contributed by atoms with Crippen LogP contribution in [-0.4, -0.2) is 17.4 Å². The molecule has 1 saturated heterocycles. The molecule has 2 nitrogen and oxygen atoms in total. The Hall–Kier alpha value is -2.35. The lowest BCUT2D eigenvalue weighted by Crippen LogP contribution is -2.24. The normalized spacial score (nSPS) is 18.0. The van der Waals surface area contributed by atoms with Gasteiger partial charge in [-0.15, -0.1) is 6.58 Å². The SMILES string of the molecule is C=CC1CC(=O)N(Cc2cccc(-c3ccccc3)c2)C1. The zero-order chi connectivity index (χ0) is 14.7. The first kappa shape index (κ1) is 13.6. The van der Waals surface area contributed by atoms with Crippen molar-refractivity contribution in [3.63, 3.8) is 0 Å². The average molecular weight is 277 g/mol. The Labute approximate surface area is 125 Å². The molecule has 0 aliphatic carbocycles. The molecule has 1 heterocycles. The third kappa shape index (κ3) is 3.05. The van der Waals surface area contributed by atoms with Crippen LogP contribution in [0.15, 0.2) is 67.3 Å². The summed E-state index contributed by atoms with van der Waals surface area (Å²) in [6.45, 7) is 5.27. The monoisotopic (exact) mass is 277 g/mol. The molecule has 2 heteroatoms. The molecule has 2 aromatic carbocycles. The van der Waals surface area contributed by atoms with Gasteiger partial charge in [0.2, 0.25) is 5.91 Å².